The summed E-state index contributed by atoms with van der Waals surface area (Å²) >= 11 is 0. The lowest BCUT2D eigenvalue weighted by molar-refractivity contribution is 0.171. The van der Waals surface area contributed by atoms with Crippen molar-refractivity contribution in [2.75, 3.05) is 13.1 Å². The van der Waals surface area contributed by atoms with Crippen molar-refractivity contribution >= 4 is 0 Å². The number of nitrogens with zero attached hydrogens (tertiary/aromatic N) is 1. The Kier molecular flexibility index (Phi) is 5.02. The first-order valence-electron chi connectivity index (χ1n) is 8.78. The molecule has 21 heavy (non-hydrogen) atoms. The summed E-state index contributed by atoms with van der Waals surface area (Å²) in [4.78, 5) is 2.60. The molecular formula is C18H30N2O. The van der Waals surface area contributed by atoms with Gasteiger partial charge in [-0.25, -0.2) is 0 Å². The van der Waals surface area contributed by atoms with Crippen LogP contribution in [0.2, 0.25) is 0 Å². The Balaban J connectivity index is 1.48. The largest absolute Gasteiger partial charge is 0.465 e. The van der Waals surface area contributed by atoms with Gasteiger partial charge in [0.1, 0.15) is 11.5 Å². The molecule has 1 aliphatic carbocycles. The van der Waals surface area contributed by atoms with Crippen molar-refractivity contribution in [1.82, 2.24) is 10.2 Å². The molecule has 0 atom stereocenters. The molecule has 2 heterocycles. The van der Waals surface area contributed by atoms with E-state index in [4.69, 9.17) is 4.42 Å². The number of likely N-dealkylation sites (tertiary alicyclic amines) is 1. The molecule has 1 aromatic rings. The third-order valence-electron chi connectivity index (χ3n) is 5.01. The Morgan fingerprint density at radius 3 is 2.67 bits per heavy atom. The molecular weight excluding hydrogens is 260 g/mol. The van der Waals surface area contributed by atoms with E-state index < -0.39 is 0 Å². The third-order valence-corrected chi connectivity index (χ3v) is 5.01. The van der Waals surface area contributed by atoms with Crippen molar-refractivity contribution in [3.8, 4) is 0 Å². The van der Waals surface area contributed by atoms with Gasteiger partial charge < -0.3 is 9.73 Å². The molecule has 0 bridgehead atoms. The molecule has 3 nitrogen and oxygen atoms in total. The van der Waals surface area contributed by atoms with Gasteiger partial charge in [-0.1, -0.05) is 19.8 Å². The standard InChI is InChI=1S/C18H30N2O/c1-3-4-15-7-9-20(10-8-15)13-16-11-18(21-14(16)2)12-19-17-5-6-17/h11,15,17,19H,3-10,12-13H2,1-2H3. The molecule has 1 saturated carbocycles. The molecule has 1 N–H and O–H groups in total. The van der Waals surface area contributed by atoms with Crippen LogP contribution in [0.25, 0.3) is 0 Å². The van der Waals surface area contributed by atoms with Crippen molar-refractivity contribution in [3.63, 3.8) is 0 Å². The Bertz CT molecular complexity index is 442. The number of furan rings is 1. The molecule has 0 unspecified atom stereocenters. The molecule has 0 amide bonds. The highest BCUT2D eigenvalue weighted by Crippen LogP contribution is 2.25. The maximum absolute atomic E-state index is 5.90. The van der Waals surface area contributed by atoms with E-state index in [-0.39, 0.29) is 0 Å². The minimum atomic E-state index is 0.747. The van der Waals surface area contributed by atoms with Gasteiger partial charge in [0.05, 0.1) is 6.54 Å². The van der Waals surface area contributed by atoms with E-state index in [2.05, 4.69) is 30.1 Å². The van der Waals surface area contributed by atoms with Gasteiger partial charge in [-0.05, 0) is 57.7 Å². The fraction of sp³-hybridized carbons (Fsp3) is 0.778. The van der Waals surface area contributed by atoms with Gasteiger partial charge in [0.15, 0.2) is 0 Å². The predicted molar refractivity (Wildman–Crippen MR) is 86.2 cm³/mol. The number of aryl methyl sites for hydroxylation is 1. The summed E-state index contributed by atoms with van der Waals surface area (Å²) in [6, 6.07) is 3.01. The summed E-state index contributed by atoms with van der Waals surface area (Å²) in [5, 5.41) is 3.53. The summed E-state index contributed by atoms with van der Waals surface area (Å²) in [7, 11) is 0. The SMILES string of the molecule is CCCC1CCN(Cc2cc(CNC3CC3)oc2C)CC1. The van der Waals surface area contributed by atoms with Gasteiger partial charge in [-0.3, -0.25) is 4.90 Å². The summed E-state index contributed by atoms with van der Waals surface area (Å²) in [5.41, 5.74) is 1.39. The Hall–Kier alpha value is -0.800. The van der Waals surface area contributed by atoms with Gasteiger partial charge in [0.25, 0.3) is 0 Å². The molecule has 1 saturated heterocycles. The summed E-state index contributed by atoms with van der Waals surface area (Å²) in [5.74, 6) is 3.18. The lowest BCUT2D eigenvalue weighted by Gasteiger charge is -2.31. The number of piperidine rings is 1. The molecule has 1 aromatic heterocycles. The van der Waals surface area contributed by atoms with Crippen LogP contribution < -0.4 is 5.32 Å². The van der Waals surface area contributed by atoms with Crippen molar-refractivity contribution in [3.05, 3.63) is 23.2 Å². The first-order valence-corrected chi connectivity index (χ1v) is 8.78. The van der Waals surface area contributed by atoms with E-state index in [0.29, 0.717) is 0 Å². The van der Waals surface area contributed by atoms with E-state index in [1.807, 2.05) is 0 Å². The Morgan fingerprint density at radius 1 is 1.24 bits per heavy atom. The maximum atomic E-state index is 5.90. The van der Waals surface area contributed by atoms with Gasteiger partial charge in [0.2, 0.25) is 0 Å². The van der Waals surface area contributed by atoms with Gasteiger partial charge >= 0.3 is 0 Å². The molecule has 118 valence electrons. The lowest BCUT2D eigenvalue weighted by atomic mass is 9.92. The zero-order chi connectivity index (χ0) is 14.7. The maximum Gasteiger partial charge on any atom is 0.118 e. The average molecular weight is 290 g/mol. The minimum Gasteiger partial charge on any atom is -0.465 e. The minimum absolute atomic E-state index is 0.747. The smallest absolute Gasteiger partial charge is 0.118 e. The first-order chi connectivity index (χ1) is 10.2. The Labute approximate surface area is 129 Å². The second kappa shape index (κ2) is 6.97. The highest BCUT2D eigenvalue weighted by Gasteiger charge is 2.22. The third kappa shape index (κ3) is 4.33. The average Bonchev–Trinajstić information content (AvgIpc) is 3.24. The fourth-order valence-corrected chi connectivity index (χ4v) is 3.45. The van der Waals surface area contributed by atoms with Crippen LogP contribution in [0.1, 0.15) is 62.5 Å². The molecule has 3 heteroatoms. The fourth-order valence-electron chi connectivity index (χ4n) is 3.45. The number of rotatable bonds is 7. The first kappa shape index (κ1) is 15.1. The lowest BCUT2D eigenvalue weighted by Crippen LogP contribution is -2.33. The van der Waals surface area contributed by atoms with E-state index in [0.717, 1.165) is 36.6 Å². The molecule has 0 radical (unpaired) electrons. The van der Waals surface area contributed by atoms with E-state index in [1.165, 1.54) is 57.2 Å². The Morgan fingerprint density at radius 2 is 2.00 bits per heavy atom. The molecule has 0 aromatic carbocycles. The zero-order valence-electron chi connectivity index (χ0n) is 13.7. The van der Waals surface area contributed by atoms with Crippen LogP contribution >= 0.6 is 0 Å². The van der Waals surface area contributed by atoms with Crippen LogP contribution in [0.3, 0.4) is 0 Å². The number of nitrogens with one attached hydrogen (secondary N) is 1. The molecule has 0 spiro atoms. The van der Waals surface area contributed by atoms with Gasteiger partial charge in [0, 0.05) is 18.2 Å². The van der Waals surface area contributed by atoms with Gasteiger partial charge in [-0.2, -0.15) is 0 Å². The zero-order valence-corrected chi connectivity index (χ0v) is 13.7. The number of hydrogen-bond donors (Lipinski definition) is 1. The second-order valence-corrected chi connectivity index (χ2v) is 6.96. The van der Waals surface area contributed by atoms with Gasteiger partial charge in [-0.15, -0.1) is 0 Å². The van der Waals surface area contributed by atoms with Crippen molar-refractivity contribution in [2.45, 2.75) is 71.5 Å². The van der Waals surface area contributed by atoms with E-state index in [1.54, 1.807) is 0 Å². The topological polar surface area (TPSA) is 28.4 Å². The van der Waals surface area contributed by atoms with Crippen molar-refractivity contribution in [1.29, 1.82) is 0 Å². The second-order valence-electron chi connectivity index (χ2n) is 6.96. The molecule has 1 aliphatic heterocycles. The summed E-state index contributed by atoms with van der Waals surface area (Å²) in [6.07, 6.45) is 8.17. The van der Waals surface area contributed by atoms with Crippen LogP contribution in [0, 0.1) is 12.8 Å². The van der Waals surface area contributed by atoms with Crippen molar-refractivity contribution in [2.24, 2.45) is 5.92 Å². The normalized spacial score (nSPS) is 21.0. The van der Waals surface area contributed by atoms with Crippen LogP contribution in [0.4, 0.5) is 0 Å². The predicted octanol–water partition coefficient (Wildman–Crippen LogP) is 3.85. The van der Waals surface area contributed by atoms with Crippen LogP contribution in [-0.2, 0) is 13.1 Å². The van der Waals surface area contributed by atoms with E-state index >= 15 is 0 Å². The van der Waals surface area contributed by atoms with Crippen molar-refractivity contribution < 1.29 is 4.42 Å². The van der Waals surface area contributed by atoms with Crippen LogP contribution in [0.5, 0.6) is 0 Å². The van der Waals surface area contributed by atoms with Crippen LogP contribution in [0.15, 0.2) is 10.5 Å². The van der Waals surface area contributed by atoms with Crippen LogP contribution in [-0.4, -0.2) is 24.0 Å². The summed E-state index contributed by atoms with van der Waals surface area (Å²) < 4.78 is 5.90. The highest BCUT2D eigenvalue weighted by atomic mass is 16.3. The molecule has 2 fully saturated rings. The summed E-state index contributed by atoms with van der Waals surface area (Å²) in [6.45, 7) is 8.88. The molecule has 3 rings (SSSR count). The number of hydrogen-bond acceptors (Lipinski definition) is 3. The highest BCUT2D eigenvalue weighted by molar-refractivity contribution is 5.21. The molecule has 2 aliphatic rings. The quantitative estimate of drug-likeness (QED) is 0.827. The van der Waals surface area contributed by atoms with E-state index in [9.17, 15) is 0 Å². The monoisotopic (exact) mass is 290 g/mol.